The van der Waals surface area contributed by atoms with E-state index < -0.39 is 6.10 Å². The summed E-state index contributed by atoms with van der Waals surface area (Å²) in [6.45, 7) is 3.17. The largest absolute Gasteiger partial charge is 0.491 e. The molecule has 1 aliphatic rings. The van der Waals surface area contributed by atoms with Crippen molar-refractivity contribution in [2.45, 2.75) is 25.5 Å². The van der Waals surface area contributed by atoms with Crippen LogP contribution in [0, 0.1) is 5.92 Å². The number of nitrogens with one attached hydrogen (secondary N) is 1. The third-order valence-corrected chi connectivity index (χ3v) is 2.91. The molecule has 0 heterocycles. The van der Waals surface area contributed by atoms with Crippen LogP contribution in [-0.2, 0) is 0 Å². The predicted octanol–water partition coefficient (Wildman–Crippen LogP) is 1.42. The van der Waals surface area contributed by atoms with E-state index in [1.807, 2.05) is 30.3 Å². The number of ether oxygens (including phenoxy) is 1. The molecule has 0 radical (unpaired) electrons. The Hall–Kier alpha value is -1.06. The molecule has 0 aromatic heterocycles. The molecular weight excluding hydrogens is 202 g/mol. The first-order chi connectivity index (χ1) is 7.75. The highest BCUT2D eigenvalue weighted by Crippen LogP contribution is 2.28. The van der Waals surface area contributed by atoms with Gasteiger partial charge in [0.15, 0.2) is 0 Å². The van der Waals surface area contributed by atoms with Gasteiger partial charge in [0.25, 0.3) is 0 Å². The van der Waals surface area contributed by atoms with Crippen molar-refractivity contribution < 1.29 is 9.84 Å². The first-order valence-electron chi connectivity index (χ1n) is 5.85. The molecule has 0 spiro atoms. The van der Waals surface area contributed by atoms with Gasteiger partial charge in [-0.3, -0.25) is 0 Å². The van der Waals surface area contributed by atoms with Gasteiger partial charge >= 0.3 is 0 Å². The van der Waals surface area contributed by atoms with E-state index in [0.29, 0.717) is 19.2 Å². The van der Waals surface area contributed by atoms with E-state index in [0.717, 1.165) is 11.7 Å². The first kappa shape index (κ1) is 11.4. The lowest BCUT2D eigenvalue weighted by Gasteiger charge is -2.13. The molecule has 1 aromatic carbocycles. The monoisotopic (exact) mass is 221 g/mol. The summed E-state index contributed by atoms with van der Waals surface area (Å²) in [5, 5.41) is 13.0. The van der Waals surface area contributed by atoms with Crippen LogP contribution >= 0.6 is 0 Å². The van der Waals surface area contributed by atoms with Gasteiger partial charge in [-0.1, -0.05) is 25.1 Å². The fourth-order valence-electron chi connectivity index (χ4n) is 1.66. The summed E-state index contributed by atoms with van der Waals surface area (Å²) in [4.78, 5) is 0. The number of para-hydroxylation sites is 1. The molecule has 0 bridgehead atoms. The van der Waals surface area contributed by atoms with Gasteiger partial charge in [-0.25, -0.2) is 0 Å². The average molecular weight is 221 g/mol. The molecule has 1 fully saturated rings. The average Bonchev–Trinajstić information content (AvgIpc) is 3.01. The van der Waals surface area contributed by atoms with Crippen LogP contribution in [0.1, 0.15) is 13.3 Å². The van der Waals surface area contributed by atoms with Gasteiger partial charge in [0.05, 0.1) is 0 Å². The quantitative estimate of drug-likeness (QED) is 0.763. The molecule has 2 rings (SSSR count). The van der Waals surface area contributed by atoms with Gasteiger partial charge in [0.1, 0.15) is 18.5 Å². The molecule has 3 heteroatoms. The highest BCUT2D eigenvalue weighted by atomic mass is 16.5. The van der Waals surface area contributed by atoms with Gasteiger partial charge < -0.3 is 15.2 Å². The van der Waals surface area contributed by atoms with Gasteiger partial charge in [-0.05, 0) is 24.5 Å². The topological polar surface area (TPSA) is 41.5 Å². The van der Waals surface area contributed by atoms with Crippen molar-refractivity contribution in [2.24, 2.45) is 5.92 Å². The Balaban J connectivity index is 1.62. The summed E-state index contributed by atoms with van der Waals surface area (Å²) in [6, 6.07) is 10.2. The van der Waals surface area contributed by atoms with E-state index in [-0.39, 0.29) is 0 Å². The summed E-state index contributed by atoms with van der Waals surface area (Å²) in [5.41, 5.74) is 0. The molecule has 88 valence electrons. The van der Waals surface area contributed by atoms with Crippen LogP contribution in [0.25, 0.3) is 0 Å². The zero-order chi connectivity index (χ0) is 11.4. The van der Waals surface area contributed by atoms with Crippen LogP contribution in [-0.4, -0.2) is 30.4 Å². The van der Waals surface area contributed by atoms with Crippen LogP contribution in [0.3, 0.4) is 0 Å². The summed E-state index contributed by atoms with van der Waals surface area (Å²) < 4.78 is 5.46. The summed E-state index contributed by atoms with van der Waals surface area (Å²) >= 11 is 0. The number of rotatable bonds is 6. The maximum atomic E-state index is 9.69. The highest BCUT2D eigenvalue weighted by molar-refractivity contribution is 5.20. The lowest BCUT2D eigenvalue weighted by Crippen LogP contribution is -2.33. The minimum absolute atomic E-state index is 0.345. The zero-order valence-electron chi connectivity index (χ0n) is 9.60. The van der Waals surface area contributed by atoms with Crippen molar-refractivity contribution in [3.63, 3.8) is 0 Å². The maximum Gasteiger partial charge on any atom is 0.119 e. The minimum Gasteiger partial charge on any atom is -0.491 e. The number of hydrogen-bond acceptors (Lipinski definition) is 3. The predicted molar refractivity (Wildman–Crippen MR) is 63.5 cm³/mol. The van der Waals surface area contributed by atoms with Crippen LogP contribution < -0.4 is 10.1 Å². The van der Waals surface area contributed by atoms with Crippen LogP contribution in [0.5, 0.6) is 5.75 Å². The van der Waals surface area contributed by atoms with E-state index in [4.69, 9.17) is 4.74 Å². The standard InChI is InChI=1S/C13H19NO2/c1-10-7-13(10)14-8-11(15)9-16-12-5-3-2-4-6-12/h2-6,10-11,13-15H,7-9H2,1H3. The smallest absolute Gasteiger partial charge is 0.119 e. The van der Waals surface area contributed by atoms with Crippen molar-refractivity contribution >= 4 is 0 Å². The third-order valence-electron chi connectivity index (χ3n) is 2.91. The van der Waals surface area contributed by atoms with Gasteiger partial charge in [0, 0.05) is 12.6 Å². The Bertz CT molecular complexity index is 315. The van der Waals surface area contributed by atoms with E-state index >= 15 is 0 Å². The molecule has 1 saturated carbocycles. The Morgan fingerprint density at radius 1 is 1.44 bits per heavy atom. The second-order valence-corrected chi connectivity index (χ2v) is 4.51. The molecule has 0 aliphatic heterocycles. The SMILES string of the molecule is CC1CC1NCC(O)COc1ccccc1. The van der Waals surface area contributed by atoms with Crippen molar-refractivity contribution in [2.75, 3.05) is 13.2 Å². The van der Waals surface area contributed by atoms with E-state index in [2.05, 4.69) is 12.2 Å². The third kappa shape index (κ3) is 3.51. The number of aliphatic hydroxyl groups is 1. The molecule has 3 nitrogen and oxygen atoms in total. The molecule has 1 aromatic rings. The van der Waals surface area contributed by atoms with Crippen molar-refractivity contribution in [1.29, 1.82) is 0 Å². The van der Waals surface area contributed by atoms with Crippen molar-refractivity contribution in [1.82, 2.24) is 5.32 Å². The molecule has 3 atom stereocenters. The van der Waals surface area contributed by atoms with E-state index in [1.54, 1.807) is 0 Å². The Morgan fingerprint density at radius 2 is 2.12 bits per heavy atom. The second kappa shape index (κ2) is 5.32. The molecule has 2 N–H and O–H groups in total. The van der Waals surface area contributed by atoms with Crippen molar-refractivity contribution in [3.8, 4) is 5.75 Å². The Labute approximate surface area is 96.4 Å². The number of benzene rings is 1. The molecule has 16 heavy (non-hydrogen) atoms. The molecule has 1 aliphatic carbocycles. The molecular formula is C13H19NO2. The minimum atomic E-state index is -0.437. The van der Waals surface area contributed by atoms with E-state index in [1.165, 1.54) is 6.42 Å². The molecule has 3 unspecified atom stereocenters. The summed E-state index contributed by atoms with van der Waals surface area (Å²) in [5.74, 6) is 1.57. The summed E-state index contributed by atoms with van der Waals surface area (Å²) in [6.07, 6.45) is 0.791. The molecule has 0 amide bonds. The maximum absolute atomic E-state index is 9.69. The lowest BCUT2D eigenvalue weighted by molar-refractivity contribution is 0.106. The number of hydrogen-bond donors (Lipinski definition) is 2. The van der Waals surface area contributed by atoms with Gasteiger partial charge in [-0.15, -0.1) is 0 Å². The van der Waals surface area contributed by atoms with Crippen LogP contribution in [0.15, 0.2) is 30.3 Å². The Morgan fingerprint density at radius 3 is 2.75 bits per heavy atom. The normalized spacial score (nSPS) is 25.1. The fraction of sp³-hybridized carbons (Fsp3) is 0.538. The van der Waals surface area contributed by atoms with Crippen LogP contribution in [0.4, 0.5) is 0 Å². The highest BCUT2D eigenvalue weighted by Gasteiger charge is 2.32. The second-order valence-electron chi connectivity index (χ2n) is 4.51. The zero-order valence-corrected chi connectivity index (χ0v) is 9.60. The fourth-order valence-corrected chi connectivity index (χ4v) is 1.66. The Kier molecular flexibility index (Phi) is 3.80. The van der Waals surface area contributed by atoms with Gasteiger partial charge in [0.2, 0.25) is 0 Å². The van der Waals surface area contributed by atoms with Crippen molar-refractivity contribution in [3.05, 3.63) is 30.3 Å². The molecule has 0 saturated heterocycles. The number of aliphatic hydroxyl groups excluding tert-OH is 1. The van der Waals surface area contributed by atoms with Gasteiger partial charge in [-0.2, -0.15) is 0 Å². The lowest BCUT2D eigenvalue weighted by atomic mass is 10.3. The van der Waals surface area contributed by atoms with Crippen LogP contribution in [0.2, 0.25) is 0 Å². The summed E-state index contributed by atoms with van der Waals surface area (Å²) in [7, 11) is 0. The first-order valence-corrected chi connectivity index (χ1v) is 5.85. The van der Waals surface area contributed by atoms with E-state index in [9.17, 15) is 5.11 Å².